The van der Waals surface area contributed by atoms with Crippen LogP contribution < -0.4 is 4.74 Å². The number of hydrogen-bond donors (Lipinski definition) is 0. The van der Waals surface area contributed by atoms with Gasteiger partial charge >= 0.3 is 0 Å². The van der Waals surface area contributed by atoms with Crippen molar-refractivity contribution in [1.82, 2.24) is 19.9 Å². The molecule has 1 aliphatic heterocycles. The smallest absolute Gasteiger partial charge is 0.274 e. The Balaban J connectivity index is 1.60. The van der Waals surface area contributed by atoms with Gasteiger partial charge in [-0.25, -0.2) is 9.97 Å². The molecule has 1 amide bonds. The molecule has 7 heteroatoms. The van der Waals surface area contributed by atoms with Crippen LogP contribution in [0.1, 0.15) is 16.9 Å². The van der Waals surface area contributed by atoms with Crippen LogP contribution in [0, 0.1) is 0 Å². The maximum Gasteiger partial charge on any atom is 0.274 e. The van der Waals surface area contributed by atoms with E-state index in [4.69, 9.17) is 4.74 Å². The second kappa shape index (κ2) is 6.17. The van der Waals surface area contributed by atoms with Crippen molar-refractivity contribution < 1.29 is 9.53 Å². The highest BCUT2D eigenvalue weighted by Crippen LogP contribution is 2.19. The molecule has 1 unspecified atom stereocenters. The van der Waals surface area contributed by atoms with Crippen molar-refractivity contribution in [1.29, 1.82) is 0 Å². The number of amides is 1. The monoisotopic (exact) mass is 348 g/mol. The standard InChI is InChI=1S/C14H13BrN4O2/c15-10-1-2-13(18-7-10)21-11-3-6-19(9-11)14(20)12-8-16-4-5-17-12/h1-2,4-5,7-8,11H,3,6,9H2. The number of ether oxygens (including phenoxy) is 1. The van der Waals surface area contributed by atoms with Gasteiger partial charge in [0.05, 0.1) is 12.7 Å². The average Bonchev–Trinajstić information content (AvgIpc) is 2.98. The summed E-state index contributed by atoms with van der Waals surface area (Å²) < 4.78 is 6.69. The SMILES string of the molecule is O=C(c1cnccn1)N1CCC(Oc2ccc(Br)cn2)C1. The minimum absolute atomic E-state index is 0.0423. The summed E-state index contributed by atoms with van der Waals surface area (Å²) in [5, 5.41) is 0. The summed E-state index contributed by atoms with van der Waals surface area (Å²) in [6, 6.07) is 3.68. The van der Waals surface area contributed by atoms with Gasteiger partial charge in [0.25, 0.3) is 5.91 Å². The van der Waals surface area contributed by atoms with Crippen LogP contribution in [0.4, 0.5) is 0 Å². The van der Waals surface area contributed by atoms with Crippen molar-refractivity contribution in [3.05, 3.63) is 47.1 Å². The lowest BCUT2D eigenvalue weighted by atomic mass is 10.3. The number of hydrogen-bond acceptors (Lipinski definition) is 5. The van der Waals surface area contributed by atoms with Crippen molar-refractivity contribution >= 4 is 21.8 Å². The summed E-state index contributed by atoms with van der Waals surface area (Å²) in [5.41, 5.74) is 0.361. The van der Waals surface area contributed by atoms with Gasteiger partial charge in [-0.3, -0.25) is 9.78 Å². The topological polar surface area (TPSA) is 68.2 Å². The highest BCUT2D eigenvalue weighted by atomic mass is 79.9. The Labute approximate surface area is 130 Å². The summed E-state index contributed by atoms with van der Waals surface area (Å²) in [6.07, 6.45) is 6.97. The second-order valence-corrected chi connectivity index (χ2v) is 5.60. The van der Waals surface area contributed by atoms with Gasteiger partial charge < -0.3 is 9.64 Å². The van der Waals surface area contributed by atoms with Gasteiger partial charge in [-0.2, -0.15) is 0 Å². The Morgan fingerprint density at radius 1 is 1.29 bits per heavy atom. The van der Waals surface area contributed by atoms with E-state index in [-0.39, 0.29) is 12.0 Å². The highest BCUT2D eigenvalue weighted by molar-refractivity contribution is 9.10. The molecule has 1 fully saturated rings. The lowest BCUT2D eigenvalue weighted by Gasteiger charge is -2.16. The van der Waals surface area contributed by atoms with Crippen LogP contribution in [-0.2, 0) is 0 Å². The number of pyridine rings is 1. The first-order chi connectivity index (χ1) is 10.2. The highest BCUT2D eigenvalue weighted by Gasteiger charge is 2.29. The number of carbonyl (C=O) groups excluding carboxylic acids is 1. The number of aromatic nitrogens is 3. The van der Waals surface area contributed by atoms with Crippen LogP contribution in [0.2, 0.25) is 0 Å². The Bertz CT molecular complexity index is 621. The number of carbonyl (C=O) groups is 1. The van der Waals surface area contributed by atoms with E-state index in [1.165, 1.54) is 12.4 Å². The molecule has 0 saturated carbocycles. The Hall–Kier alpha value is -2.02. The van der Waals surface area contributed by atoms with Crippen LogP contribution in [0.25, 0.3) is 0 Å². The van der Waals surface area contributed by atoms with E-state index >= 15 is 0 Å². The molecule has 1 saturated heterocycles. The molecule has 21 heavy (non-hydrogen) atoms. The summed E-state index contributed by atoms with van der Waals surface area (Å²) in [6.45, 7) is 1.18. The number of nitrogens with zero attached hydrogens (tertiary/aromatic N) is 4. The lowest BCUT2D eigenvalue weighted by Crippen LogP contribution is -2.31. The fraction of sp³-hybridized carbons (Fsp3) is 0.286. The lowest BCUT2D eigenvalue weighted by molar-refractivity contribution is 0.0765. The van der Waals surface area contributed by atoms with Gasteiger partial charge in [0.15, 0.2) is 0 Å². The first-order valence-corrected chi connectivity index (χ1v) is 7.35. The number of rotatable bonds is 3. The zero-order valence-electron chi connectivity index (χ0n) is 11.1. The molecule has 2 aromatic rings. The zero-order valence-corrected chi connectivity index (χ0v) is 12.7. The molecule has 1 atom stereocenters. The fourth-order valence-electron chi connectivity index (χ4n) is 2.18. The summed E-state index contributed by atoms with van der Waals surface area (Å²) in [7, 11) is 0. The summed E-state index contributed by atoms with van der Waals surface area (Å²) in [4.78, 5) is 26.1. The molecule has 0 aliphatic carbocycles. The molecule has 3 rings (SSSR count). The predicted octanol–water partition coefficient (Wildman–Crippen LogP) is 1.93. The Morgan fingerprint density at radius 3 is 2.90 bits per heavy atom. The molecule has 0 bridgehead atoms. The van der Waals surface area contributed by atoms with Gasteiger partial charge in [0, 0.05) is 42.1 Å². The van der Waals surface area contributed by atoms with Crippen molar-refractivity contribution in [3.63, 3.8) is 0 Å². The first-order valence-electron chi connectivity index (χ1n) is 6.56. The van der Waals surface area contributed by atoms with Crippen LogP contribution in [0.5, 0.6) is 5.88 Å². The van der Waals surface area contributed by atoms with Gasteiger partial charge in [-0.05, 0) is 22.0 Å². The average molecular weight is 349 g/mol. The maximum atomic E-state index is 12.2. The molecule has 0 aromatic carbocycles. The molecule has 108 valence electrons. The molecule has 0 radical (unpaired) electrons. The van der Waals surface area contributed by atoms with Gasteiger partial charge in [-0.1, -0.05) is 0 Å². The molecule has 3 heterocycles. The fourth-order valence-corrected chi connectivity index (χ4v) is 2.42. The van der Waals surface area contributed by atoms with E-state index in [1.807, 2.05) is 6.07 Å². The largest absolute Gasteiger partial charge is 0.472 e. The predicted molar refractivity (Wildman–Crippen MR) is 78.9 cm³/mol. The van der Waals surface area contributed by atoms with Crippen LogP contribution in [-0.4, -0.2) is 45.0 Å². The van der Waals surface area contributed by atoms with Gasteiger partial charge in [-0.15, -0.1) is 0 Å². The third-order valence-corrected chi connectivity index (χ3v) is 3.67. The van der Waals surface area contributed by atoms with E-state index in [9.17, 15) is 4.79 Å². The molecule has 2 aromatic heterocycles. The third-order valence-electron chi connectivity index (χ3n) is 3.20. The van der Waals surface area contributed by atoms with Crippen molar-refractivity contribution in [3.8, 4) is 5.88 Å². The van der Waals surface area contributed by atoms with E-state index in [0.717, 1.165) is 10.9 Å². The zero-order chi connectivity index (χ0) is 14.7. The van der Waals surface area contributed by atoms with Gasteiger partial charge in [0.2, 0.25) is 5.88 Å². The third kappa shape index (κ3) is 3.36. The molecular weight excluding hydrogens is 336 g/mol. The van der Waals surface area contributed by atoms with Gasteiger partial charge in [0.1, 0.15) is 11.8 Å². The normalized spacial score (nSPS) is 17.8. The minimum atomic E-state index is -0.113. The van der Waals surface area contributed by atoms with Crippen molar-refractivity contribution in [2.75, 3.05) is 13.1 Å². The van der Waals surface area contributed by atoms with Crippen molar-refractivity contribution in [2.45, 2.75) is 12.5 Å². The van der Waals surface area contributed by atoms with E-state index in [2.05, 4.69) is 30.9 Å². The van der Waals surface area contributed by atoms with E-state index in [1.54, 1.807) is 23.4 Å². The summed E-state index contributed by atoms with van der Waals surface area (Å²) in [5.74, 6) is 0.454. The number of halogens is 1. The molecule has 1 aliphatic rings. The van der Waals surface area contributed by atoms with Crippen LogP contribution in [0.3, 0.4) is 0 Å². The minimum Gasteiger partial charge on any atom is -0.472 e. The number of likely N-dealkylation sites (tertiary alicyclic amines) is 1. The molecule has 0 spiro atoms. The van der Waals surface area contributed by atoms with Crippen LogP contribution >= 0.6 is 15.9 Å². The maximum absolute atomic E-state index is 12.2. The van der Waals surface area contributed by atoms with E-state index in [0.29, 0.717) is 24.7 Å². The summed E-state index contributed by atoms with van der Waals surface area (Å²) >= 11 is 3.33. The van der Waals surface area contributed by atoms with Crippen molar-refractivity contribution in [2.24, 2.45) is 0 Å². The first kappa shape index (κ1) is 13.9. The second-order valence-electron chi connectivity index (χ2n) is 4.69. The molecular formula is C14H13BrN4O2. The van der Waals surface area contributed by atoms with Crippen LogP contribution in [0.15, 0.2) is 41.4 Å². The molecule has 6 nitrogen and oxygen atoms in total. The Morgan fingerprint density at radius 2 is 2.19 bits per heavy atom. The molecule has 0 N–H and O–H groups in total. The quantitative estimate of drug-likeness (QED) is 0.847. The van der Waals surface area contributed by atoms with E-state index < -0.39 is 0 Å². The Kier molecular flexibility index (Phi) is 4.10.